The lowest BCUT2D eigenvalue weighted by molar-refractivity contribution is 0.285. The zero-order valence-corrected chi connectivity index (χ0v) is 15.3. The Morgan fingerprint density at radius 2 is 2.11 bits per heavy atom. The molecule has 2 aliphatic rings. The fourth-order valence-corrected chi connectivity index (χ4v) is 4.78. The van der Waals surface area contributed by atoms with Crippen LogP contribution in [0, 0.1) is 23.2 Å². The number of nitrogens with one attached hydrogen (secondary N) is 1. The number of hydrogen-bond acceptors (Lipinski definition) is 5. The minimum absolute atomic E-state index is 0.165. The van der Waals surface area contributed by atoms with E-state index in [-0.39, 0.29) is 5.92 Å². The van der Waals surface area contributed by atoms with Crippen LogP contribution in [0.1, 0.15) is 43.7 Å². The molecular weight excluding hydrogens is 338 g/mol. The number of likely N-dealkylation sites (tertiary alicyclic amines) is 1. The second-order valence-corrected chi connectivity index (χ2v) is 7.85. The van der Waals surface area contributed by atoms with Gasteiger partial charge in [0.25, 0.3) is 0 Å². The summed E-state index contributed by atoms with van der Waals surface area (Å²) in [6.07, 6.45) is 9.06. The monoisotopic (exact) mass is 361 g/mol. The van der Waals surface area contributed by atoms with Gasteiger partial charge in [-0.15, -0.1) is 5.10 Å². The summed E-state index contributed by atoms with van der Waals surface area (Å²) >= 11 is 0. The zero-order valence-electron chi connectivity index (χ0n) is 15.3. The van der Waals surface area contributed by atoms with Gasteiger partial charge in [-0.2, -0.15) is 5.26 Å². The van der Waals surface area contributed by atoms with Gasteiger partial charge in [0.1, 0.15) is 17.5 Å². The van der Waals surface area contributed by atoms with E-state index in [2.05, 4.69) is 43.9 Å². The normalized spacial score (nSPS) is 25.9. The Balaban J connectivity index is 1.32. The molecule has 0 radical (unpaired) electrons. The summed E-state index contributed by atoms with van der Waals surface area (Å²) in [4.78, 5) is 9.89. The quantitative estimate of drug-likeness (QED) is 0.774. The Bertz CT molecular complexity index is 1030. The number of fused-ring (bicyclic) bond motifs is 3. The molecule has 1 saturated heterocycles. The molecule has 5 rings (SSSR count). The molecule has 3 aromatic rings. The first-order valence-electron chi connectivity index (χ1n) is 9.75. The number of nitriles is 1. The number of hydrogen-bond donors (Lipinski definition) is 1. The highest BCUT2D eigenvalue weighted by atomic mass is 15.4. The molecule has 0 spiro atoms. The van der Waals surface area contributed by atoms with Crippen LogP contribution in [0.5, 0.6) is 0 Å². The van der Waals surface area contributed by atoms with Gasteiger partial charge in [0.2, 0.25) is 0 Å². The highest BCUT2D eigenvalue weighted by Gasteiger charge is 2.31. The molecule has 2 fully saturated rings. The van der Waals surface area contributed by atoms with Crippen LogP contribution in [0.4, 0.5) is 0 Å². The number of allylic oxidation sites excluding steroid dienone is 1. The molecule has 1 aliphatic carbocycles. The molecule has 1 atom stereocenters. The van der Waals surface area contributed by atoms with Gasteiger partial charge in [-0.3, -0.25) is 0 Å². The van der Waals surface area contributed by atoms with Crippen molar-refractivity contribution in [3.8, 4) is 6.07 Å². The highest BCUT2D eigenvalue weighted by molar-refractivity contribution is 5.92. The van der Waals surface area contributed by atoms with Crippen molar-refractivity contribution in [3.63, 3.8) is 0 Å². The third kappa shape index (κ3) is 2.67. The van der Waals surface area contributed by atoms with E-state index >= 15 is 0 Å². The highest BCUT2D eigenvalue weighted by Crippen LogP contribution is 2.41. The van der Waals surface area contributed by atoms with E-state index in [0.29, 0.717) is 11.8 Å². The first-order chi connectivity index (χ1) is 13.2. The second kappa shape index (κ2) is 6.38. The lowest BCUT2D eigenvalue weighted by atomic mass is 9.78. The number of aromatic nitrogens is 5. The summed E-state index contributed by atoms with van der Waals surface area (Å²) in [7, 11) is 0. The van der Waals surface area contributed by atoms with Crippen LogP contribution in [0.15, 0.2) is 30.9 Å². The van der Waals surface area contributed by atoms with Crippen molar-refractivity contribution in [2.24, 2.45) is 11.8 Å². The average Bonchev–Trinajstić information content (AvgIpc) is 3.45. The van der Waals surface area contributed by atoms with E-state index < -0.39 is 0 Å². The van der Waals surface area contributed by atoms with Crippen LogP contribution in [0.3, 0.4) is 0 Å². The molecule has 1 saturated carbocycles. The lowest BCUT2D eigenvalue weighted by Crippen LogP contribution is -2.27. The fourth-order valence-electron chi connectivity index (χ4n) is 4.78. The minimum atomic E-state index is 0.165. The molecule has 1 N–H and O–H groups in total. The molecular formula is C20H23N7. The topological polar surface area (TPSA) is 85.9 Å². The van der Waals surface area contributed by atoms with Gasteiger partial charge < -0.3 is 9.88 Å². The fraction of sp³-hybridized carbons (Fsp3) is 0.500. The molecule has 138 valence electrons. The SMILES string of the molecule is C=C([C@H]1CC[C@H](c2nnn3cnc4[nH]ccc4c23)CC1)N1CC[C@H](C#N)C1. The molecule has 3 aromatic heterocycles. The van der Waals surface area contributed by atoms with Gasteiger partial charge in [0, 0.05) is 36.3 Å². The van der Waals surface area contributed by atoms with Crippen molar-refractivity contribution >= 4 is 16.6 Å². The Kier molecular flexibility index (Phi) is 3.85. The largest absolute Gasteiger partial charge is 0.374 e. The van der Waals surface area contributed by atoms with Crippen LogP contribution in [0.25, 0.3) is 16.6 Å². The van der Waals surface area contributed by atoms with Crippen molar-refractivity contribution in [2.75, 3.05) is 13.1 Å². The summed E-state index contributed by atoms with van der Waals surface area (Å²) in [5, 5.41) is 19.0. The summed E-state index contributed by atoms with van der Waals surface area (Å²) in [5.74, 6) is 1.12. The van der Waals surface area contributed by atoms with Crippen molar-refractivity contribution in [1.29, 1.82) is 5.26 Å². The van der Waals surface area contributed by atoms with Crippen LogP contribution in [-0.4, -0.2) is 42.8 Å². The van der Waals surface area contributed by atoms with Gasteiger partial charge in [-0.25, -0.2) is 9.50 Å². The minimum Gasteiger partial charge on any atom is -0.374 e. The molecule has 7 nitrogen and oxygen atoms in total. The second-order valence-electron chi connectivity index (χ2n) is 7.85. The number of H-pyrrole nitrogens is 1. The average molecular weight is 361 g/mol. The van der Waals surface area contributed by atoms with Crippen molar-refractivity contribution < 1.29 is 0 Å². The van der Waals surface area contributed by atoms with Crippen molar-refractivity contribution in [3.05, 3.63) is 36.6 Å². The first kappa shape index (κ1) is 16.3. The van der Waals surface area contributed by atoms with E-state index in [1.165, 1.54) is 5.70 Å². The summed E-state index contributed by atoms with van der Waals surface area (Å²) in [6.45, 7) is 6.20. The molecule has 0 amide bonds. The van der Waals surface area contributed by atoms with E-state index in [4.69, 9.17) is 5.26 Å². The predicted octanol–water partition coefficient (Wildman–Crippen LogP) is 3.24. The van der Waals surface area contributed by atoms with Gasteiger partial charge in [0.05, 0.1) is 17.7 Å². The number of nitrogens with zero attached hydrogens (tertiary/aromatic N) is 6. The Morgan fingerprint density at radius 3 is 2.89 bits per heavy atom. The van der Waals surface area contributed by atoms with Gasteiger partial charge in [-0.1, -0.05) is 11.8 Å². The number of rotatable bonds is 3. The van der Waals surface area contributed by atoms with Crippen LogP contribution in [0.2, 0.25) is 0 Å². The molecule has 1 aliphatic heterocycles. The zero-order chi connectivity index (χ0) is 18.4. The maximum atomic E-state index is 9.13. The van der Waals surface area contributed by atoms with Crippen molar-refractivity contribution in [2.45, 2.75) is 38.0 Å². The van der Waals surface area contributed by atoms with E-state index in [0.717, 1.165) is 67.4 Å². The number of aromatic amines is 1. The molecule has 7 heteroatoms. The van der Waals surface area contributed by atoms with E-state index in [1.54, 1.807) is 10.8 Å². The van der Waals surface area contributed by atoms with Crippen LogP contribution in [-0.2, 0) is 0 Å². The van der Waals surface area contributed by atoms with E-state index in [1.807, 2.05) is 6.20 Å². The molecule has 4 heterocycles. The molecule has 0 aromatic carbocycles. The molecule has 0 bridgehead atoms. The maximum Gasteiger partial charge on any atom is 0.141 e. The maximum absolute atomic E-state index is 9.13. The lowest BCUT2D eigenvalue weighted by Gasteiger charge is -2.33. The Morgan fingerprint density at radius 1 is 1.26 bits per heavy atom. The first-order valence-corrected chi connectivity index (χ1v) is 9.75. The summed E-state index contributed by atoms with van der Waals surface area (Å²) in [5.41, 5.74) is 4.29. The van der Waals surface area contributed by atoms with Gasteiger partial charge in [0.15, 0.2) is 0 Å². The standard InChI is InChI=1S/C20H23N7/c1-13(26-9-7-14(10-21)11-26)15-2-4-16(5-3-15)18-19-17-6-8-22-20(17)23-12-27(19)25-24-18/h6,8,12,14-16,22H,1-5,7,9,11H2/t14-,15-,16-/m1/s1. The van der Waals surface area contributed by atoms with Crippen LogP contribution < -0.4 is 0 Å². The summed E-state index contributed by atoms with van der Waals surface area (Å²) < 4.78 is 1.79. The van der Waals surface area contributed by atoms with Gasteiger partial charge >= 0.3 is 0 Å². The Hall–Kier alpha value is -2.88. The van der Waals surface area contributed by atoms with E-state index in [9.17, 15) is 0 Å². The predicted molar refractivity (Wildman–Crippen MR) is 102 cm³/mol. The Labute approximate surface area is 157 Å². The molecule has 0 unspecified atom stereocenters. The van der Waals surface area contributed by atoms with Gasteiger partial charge in [-0.05, 0) is 44.1 Å². The third-order valence-electron chi connectivity index (χ3n) is 6.36. The van der Waals surface area contributed by atoms with Crippen LogP contribution >= 0.6 is 0 Å². The van der Waals surface area contributed by atoms with Crippen molar-refractivity contribution in [1.82, 2.24) is 29.7 Å². The molecule has 27 heavy (non-hydrogen) atoms. The third-order valence-corrected chi connectivity index (χ3v) is 6.36. The smallest absolute Gasteiger partial charge is 0.141 e. The summed E-state index contributed by atoms with van der Waals surface area (Å²) in [6, 6.07) is 4.45.